The Morgan fingerprint density at radius 1 is 1.50 bits per heavy atom. The van der Waals surface area contributed by atoms with Gasteiger partial charge in [-0.3, -0.25) is 9.59 Å². The van der Waals surface area contributed by atoms with Crippen LogP contribution < -0.4 is 5.32 Å². The number of hydrogen-bond acceptors (Lipinski definition) is 4. The fraction of sp³-hybridized carbons (Fsp3) is 0.500. The van der Waals surface area contributed by atoms with Gasteiger partial charge in [-0.1, -0.05) is 13.8 Å². The number of aliphatic carboxylic acids is 1. The van der Waals surface area contributed by atoms with Gasteiger partial charge in [0.25, 0.3) is 0 Å². The molecule has 0 aliphatic heterocycles. The summed E-state index contributed by atoms with van der Waals surface area (Å²) in [5, 5.41) is 13.8. The number of nitrogens with zero attached hydrogens (tertiary/aromatic N) is 1. The van der Waals surface area contributed by atoms with Gasteiger partial charge in [-0.15, -0.1) is 11.3 Å². The number of carboxylic acid groups (broad SMARTS) is 1. The van der Waals surface area contributed by atoms with Crippen LogP contribution in [0.1, 0.15) is 13.8 Å². The van der Waals surface area contributed by atoms with E-state index in [1.807, 2.05) is 0 Å². The van der Waals surface area contributed by atoms with E-state index in [4.69, 9.17) is 5.11 Å². The zero-order chi connectivity index (χ0) is 11.9. The third kappa shape index (κ3) is 1.69. The average Bonchev–Trinajstić information content (AvgIpc) is 2.58. The van der Waals surface area contributed by atoms with Crippen LogP contribution in [0.5, 0.6) is 0 Å². The molecular weight excluding hydrogens is 228 g/mol. The molecular formula is C10H12N2O3S. The lowest BCUT2D eigenvalue weighted by Gasteiger charge is -2.01. The molecule has 0 bridgehead atoms. The quantitative estimate of drug-likeness (QED) is 0.837. The summed E-state index contributed by atoms with van der Waals surface area (Å²) in [6, 6.07) is 0. The van der Waals surface area contributed by atoms with Crippen LogP contribution >= 0.6 is 11.3 Å². The third-order valence-corrected chi connectivity index (χ3v) is 3.73. The standard InChI is InChI=1S/C10H12N2O3S/c1-10(2)5(6(10)8(14)15)7(13)12-9-11-3-4-16-9/h3-6H,1-2H3,(H,14,15)(H,11,12,13)/t5-,6-/m1/s1. The maximum atomic E-state index is 11.8. The van der Waals surface area contributed by atoms with Crippen LogP contribution in [0.4, 0.5) is 5.13 Å². The molecule has 1 saturated carbocycles. The summed E-state index contributed by atoms with van der Waals surface area (Å²) in [5.74, 6) is -2.22. The number of carbonyl (C=O) groups excluding carboxylic acids is 1. The maximum Gasteiger partial charge on any atom is 0.307 e. The van der Waals surface area contributed by atoms with Crippen molar-refractivity contribution in [3.63, 3.8) is 0 Å². The van der Waals surface area contributed by atoms with E-state index in [-0.39, 0.29) is 5.91 Å². The minimum atomic E-state index is -0.913. The second-order valence-corrected chi connectivity index (χ2v) is 5.34. The van der Waals surface area contributed by atoms with Crippen LogP contribution in [-0.4, -0.2) is 22.0 Å². The lowest BCUT2D eigenvalue weighted by atomic mass is 10.1. The summed E-state index contributed by atoms with van der Waals surface area (Å²) in [6.07, 6.45) is 1.59. The number of nitrogens with one attached hydrogen (secondary N) is 1. The van der Waals surface area contributed by atoms with Gasteiger partial charge in [-0.25, -0.2) is 4.98 Å². The van der Waals surface area contributed by atoms with Gasteiger partial charge in [0, 0.05) is 11.6 Å². The van der Waals surface area contributed by atoms with Crippen molar-refractivity contribution in [2.24, 2.45) is 17.3 Å². The first-order chi connectivity index (χ1) is 7.44. The van der Waals surface area contributed by atoms with E-state index in [0.29, 0.717) is 5.13 Å². The fourth-order valence-electron chi connectivity index (χ4n) is 2.06. The van der Waals surface area contributed by atoms with Crippen LogP contribution in [0.15, 0.2) is 11.6 Å². The second-order valence-electron chi connectivity index (χ2n) is 4.44. The Morgan fingerprint density at radius 2 is 2.19 bits per heavy atom. The molecule has 2 rings (SSSR count). The van der Waals surface area contributed by atoms with E-state index < -0.39 is 23.2 Å². The lowest BCUT2D eigenvalue weighted by molar-refractivity contribution is -0.140. The number of hydrogen-bond donors (Lipinski definition) is 2. The minimum Gasteiger partial charge on any atom is -0.481 e. The topological polar surface area (TPSA) is 79.3 Å². The monoisotopic (exact) mass is 240 g/mol. The van der Waals surface area contributed by atoms with E-state index in [0.717, 1.165) is 0 Å². The number of aromatic nitrogens is 1. The van der Waals surface area contributed by atoms with Gasteiger partial charge < -0.3 is 10.4 Å². The van der Waals surface area contributed by atoms with Crippen molar-refractivity contribution < 1.29 is 14.7 Å². The molecule has 6 heteroatoms. The van der Waals surface area contributed by atoms with Crippen LogP contribution in [0.3, 0.4) is 0 Å². The first-order valence-corrected chi connectivity index (χ1v) is 5.75. The summed E-state index contributed by atoms with van der Waals surface area (Å²) in [7, 11) is 0. The van der Waals surface area contributed by atoms with Gasteiger partial charge in [0.05, 0.1) is 11.8 Å². The number of anilines is 1. The molecule has 1 aliphatic carbocycles. The number of rotatable bonds is 3. The van der Waals surface area contributed by atoms with Crippen LogP contribution in [-0.2, 0) is 9.59 Å². The molecule has 1 aromatic rings. The van der Waals surface area contributed by atoms with Crippen molar-refractivity contribution in [3.8, 4) is 0 Å². The molecule has 1 aliphatic rings. The first kappa shape index (κ1) is 11.1. The predicted molar refractivity (Wildman–Crippen MR) is 59.1 cm³/mol. The Hall–Kier alpha value is -1.43. The largest absolute Gasteiger partial charge is 0.481 e. The maximum absolute atomic E-state index is 11.8. The highest BCUT2D eigenvalue weighted by molar-refractivity contribution is 7.13. The van der Waals surface area contributed by atoms with Gasteiger partial charge >= 0.3 is 5.97 Å². The molecule has 1 amide bonds. The zero-order valence-corrected chi connectivity index (χ0v) is 9.75. The molecule has 5 nitrogen and oxygen atoms in total. The minimum absolute atomic E-state index is 0.257. The van der Waals surface area contributed by atoms with Gasteiger partial charge in [0.1, 0.15) is 0 Å². The molecule has 16 heavy (non-hydrogen) atoms. The number of thiazole rings is 1. The number of amides is 1. The van der Waals surface area contributed by atoms with Crippen molar-refractivity contribution >= 4 is 28.3 Å². The molecule has 0 saturated heterocycles. The number of carboxylic acids is 1. The van der Waals surface area contributed by atoms with Gasteiger partial charge in [0.2, 0.25) is 5.91 Å². The van der Waals surface area contributed by atoms with Crippen molar-refractivity contribution in [2.75, 3.05) is 5.32 Å². The lowest BCUT2D eigenvalue weighted by Crippen LogP contribution is -2.17. The van der Waals surface area contributed by atoms with Crippen molar-refractivity contribution in [1.29, 1.82) is 0 Å². The molecule has 0 unspecified atom stereocenters. The van der Waals surface area contributed by atoms with E-state index >= 15 is 0 Å². The molecule has 0 spiro atoms. The molecule has 0 aromatic carbocycles. The van der Waals surface area contributed by atoms with Crippen LogP contribution in [0.2, 0.25) is 0 Å². The second kappa shape index (κ2) is 3.55. The molecule has 1 fully saturated rings. The average molecular weight is 240 g/mol. The molecule has 1 aromatic heterocycles. The molecule has 2 atom stereocenters. The Kier molecular flexibility index (Phi) is 2.46. The molecule has 0 radical (unpaired) electrons. The Bertz CT molecular complexity index is 427. The summed E-state index contributed by atoms with van der Waals surface area (Å²) in [4.78, 5) is 26.6. The molecule has 1 heterocycles. The summed E-state index contributed by atoms with van der Waals surface area (Å²) in [6.45, 7) is 3.58. The van der Waals surface area contributed by atoms with Crippen molar-refractivity contribution in [1.82, 2.24) is 4.98 Å². The Morgan fingerprint density at radius 3 is 2.62 bits per heavy atom. The highest BCUT2D eigenvalue weighted by Crippen LogP contribution is 2.58. The van der Waals surface area contributed by atoms with Gasteiger partial charge in [0.15, 0.2) is 5.13 Å². The normalized spacial score (nSPS) is 26.1. The van der Waals surface area contributed by atoms with Crippen LogP contribution in [0.25, 0.3) is 0 Å². The van der Waals surface area contributed by atoms with E-state index in [2.05, 4.69) is 10.3 Å². The highest BCUT2D eigenvalue weighted by Gasteiger charge is 2.65. The smallest absolute Gasteiger partial charge is 0.307 e. The van der Waals surface area contributed by atoms with E-state index in [9.17, 15) is 9.59 Å². The Labute approximate surface area is 96.5 Å². The number of carbonyl (C=O) groups is 2. The predicted octanol–water partition coefficient (Wildman–Crippen LogP) is 1.44. The van der Waals surface area contributed by atoms with Gasteiger partial charge in [-0.2, -0.15) is 0 Å². The van der Waals surface area contributed by atoms with E-state index in [1.54, 1.807) is 25.4 Å². The van der Waals surface area contributed by atoms with Crippen LogP contribution in [0, 0.1) is 17.3 Å². The third-order valence-electron chi connectivity index (χ3n) is 3.04. The molecule has 2 N–H and O–H groups in total. The summed E-state index contributed by atoms with van der Waals surface area (Å²) in [5.41, 5.74) is -0.465. The summed E-state index contributed by atoms with van der Waals surface area (Å²) < 4.78 is 0. The first-order valence-electron chi connectivity index (χ1n) is 4.87. The Balaban J connectivity index is 2.05. The van der Waals surface area contributed by atoms with Gasteiger partial charge in [-0.05, 0) is 5.41 Å². The zero-order valence-electron chi connectivity index (χ0n) is 8.93. The fourth-order valence-corrected chi connectivity index (χ4v) is 2.59. The van der Waals surface area contributed by atoms with Crippen molar-refractivity contribution in [3.05, 3.63) is 11.6 Å². The van der Waals surface area contributed by atoms with Crippen molar-refractivity contribution in [2.45, 2.75) is 13.8 Å². The summed E-state index contributed by atoms with van der Waals surface area (Å²) >= 11 is 1.32. The SMILES string of the molecule is CC1(C)[C@@H](C(=O)O)[C@@H]1C(=O)Nc1nccs1. The highest BCUT2D eigenvalue weighted by atomic mass is 32.1. The van der Waals surface area contributed by atoms with E-state index in [1.165, 1.54) is 11.3 Å². The molecule has 86 valence electrons.